The summed E-state index contributed by atoms with van der Waals surface area (Å²) in [6.07, 6.45) is 0.881. The Morgan fingerprint density at radius 3 is 1.54 bits per heavy atom. The van der Waals surface area contributed by atoms with Crippen molar-refractivity contribution in [3.63, 3.8) is 0 Å². The zero-order chi connectivity index (χ0) is 51.5. The number of benzene rings is 10. The van der Waals surface area contributed by atoms with E-state index in [9.17, 15) is 0 Å². The molecule has 4 heteroatoms. The molecule has 0 amide bonds. The van der Waals surface area contributed by atoms with E-state index in [0.717, 1.165) is 23.5 Å². The molecule has 0 aliphatic rings. The Hall–Kier alpha value is -8.02. The van der Waals surface area contributed by atoms with E-state index >= 15 is 0 Å². The highest BCUT2D eigenvalue weighted by Gasteiger charge is 2.28. The first-order valence-corrected chi connectivity index (χ1v) is 28.4. The molecule has 0 aliphatic heterocycles. The van der Waals surface area contributed by atoms with Crippen molar-refractivity contribution in [2.24, 2.45) is 0 Å². The van der Waals surface area contributed by atoms with Gasteiger partial charge in [-0.2, -0.15) is 0 Å². The van der Waals surface area contributed by atoms with Crippen LogP contribution in [0.3, 0.4) is 0 Å². The number of aromatic nitrogens is 1. The van der Waals surface area contributed by atoms with Crippen molar-refractivity contribution in [3.8, 4) is 22.3 Å². The number of fused-ring (bicyclic) bond motifs is 11. The van der Waals surface area contributed by atoms with Crippen LogP contribution in [0.4, 0.5) is 17.1 Å². The molecular weight excluding hydrogens is 957 g/mol. The van der Waals surface area contributed by atoms with Crippen LogP contribution < -0.4 is 4.90 Å². The average Bonchev–Trinajstić information content (AvgIpc) is 4.34. The van der Waals surface area contributed by atoms with Crippen LogP contribution in [0.5, 0.6) is 0 Å². The molecule has 0 radical (unpaired) electrons. The van der Waals surface area contributed by atoms with Gasteiger partial charge in [0.05, 0.1) is 5.52 Å². The topological polar surface area (TPSA) is 7.65 Å². The van der Waals surface area contributed by atoms with Gasteiger partial charge in [-0.25, -0.2) is 0 Å². The summed E-state index contributed by atoms with van der Waals surface area (Å²) < 4.78 is 5.30. The first kappa shape index (κ1) is 46.5. The van der Waals surface area contributed by atoms with E-state index in [1.54, 1.807) is 0 Å². The first-order valence-electron chi connectivity index (χ1n) is 26.7. The van der Waals surface area contributed by atoms with E-state index in [-0.39, 0.29) is 16.7 Å². The monoisotopic (exact) mass is 1010 g/mol. The number of hydrogen-bond acceptors (Lipinski definition) is 3. The summed E-state index contributed by atoms with van der Waals surface area (Å²) >= 11 is 3.88. The Morgan fingerprint density at radius 2 is 0.908 bits per heavy atom. The molecule has 0 aliphatic carbocycles. The fraction of sp³-hybridized carbons (Fsp3) is 0.139. The summed E-state index contributed by atoms with van der Waals surface area (Å²) in [4.78, 5) is 5.08. The second-order valence-electron chi connectivity index (χ2n) is 22.9. The third-order valence-corrected chi connectivity index (χ3v) is 18.4. The minimum absolute atomic E-state index is 0.0581. The van der Waals surface area contributed by atoms with Gasteiger partial charge in [0.15, 0.2) is 0 Å². The lowest BCUT2D eigenvalue weighted by atomic mass is 9.81. The molecule has 1 atom stereocenters. The van der Waals surface area contributed by atoms with Crippen LogP contribution in [0.1, 0.15) is 75.3 Å². The Balaban J connectivity index is 0.932. The average molecular weight is 1020 g/mol. The molecule has 0 fully saturated rings. The smallest absolute Gasteiger partial charge is 0.110 e. The van der Waals surface area contributed by atoms with Gasteiger partial charge in [0, 0.05) is 64.7 Å². The predicted octanol–water partition coefficient (Wildman–Crippen LogP) is 21.2. The molecule has 0 bridgehead atoms. The van der Waals surface area contributed by atoms with Gasteiger partial charge in [-0.05, 0) is 133 Å². The van der Waals surface area contributed by atoms with Crippen LogP contribution in [0.25, 0.3) is 89.9 Å². The molecule has 4 heterocycles. The third kappa shape index (κ3) is 7.80. The molecule has 2 nitrogen and oxygen atoms in total. The van der Waals surface area contributed by atoms with E-state index < -0.39 is 0 Å². The SMILES string of the molecule is CC(C)(C)c1ccc(C(Cc2ccc3c4c5cc6cc(N(c7ccc(-c8ccccc8)cc7)c7ccc(C(C)(C)C)cc7)ccc6cc5sc4n4c5sc6ccccc6c5c2c34)c2ccc(-c3ccccc3)cc2)cc1. The normalized spacial score (nSPS) is 12.9. The molecule has 1 unspecified atom stereocenters. The van der Waals surface area contributed by atoms with E-state index in [1.807, 2.05) is 22.7 Å². The van der Waals surface area contributed by atoms with Crippen molar-refractivity contribution in [3.05, 3.63) is 252 Å². The van der Waals surface area contributed by atoms with Gasteiger partial charge in [-0.1, -0.05) is 211 Å². The van der Waals surface area contributed by atoms with Crippen LogP contribution >= 0.6 is 22.7 Å². The van der Waals surface area contributed by atoms with Gasteiger partial charge in [-0.15, -0.1) is 22.7 Å². The molecule has 14 aromatic rings. The summed E-state index contributed by atoms with van der Waals surface area (Å²) in [7, 11) is 0. The van der Waals surface area contributed by atoms with Crippen molar-refractivity contribution in [2.45, 2.75) is 64.7 Å². The fourth-order valence-electron chi connectivity index (χ4n) is 12.0. The molecule has 76 heavy (non-hydrogen) atoms. The minimum atomic E-state index is 0.0581. The van der Waals surface area contributed by atoms with Crippen LogP contribution in [0, 0.1) is 0 Å². The Labute approximate surface area is 453 Å². The molecular formula is C72H58N2S2. The number of hydrogen-bond donors (Lipinski definition) is 0. The molecule has 0 saturated heterocycles. The molecule has 14 rings (SSSR count). The van der Waals surface area contributed by atoms with Gasteiger partial charge >= 0.3 is 0 Å². The zero-order valence-electron chi connectivity index (χ0n) is 43.9. The van der Waals surface area contributed by atoms with Crippen LogP contribution in [0.2, 0.25) is 0 Å². The highest BCUT2D eigenvalue weighted by molar-refractivity contribution is 7.27. The van der Waals surface area contributed by atoms with Crippen molar-refractivity contribution < 1.29 is 0 Å². The van der Waals surface area contributed by atoms with Crippen molar-refractivity contribution >= 4 is 107 Å². The van der Waals surface area contributed by atoms with Gasteiger partial charge in [-0.3, -0.25) is 4.40 Å². The van der Waals surface area contributed by atoms with E-state index in [0.29, 0.717) is 0 Å². The van der Waals surface area contributed by atoms with E-state index in [4.69, 9.17) is 0 Å². The molecule has 0 N–H and O–H groups in total. The number of rotatable bonds is 9. The van der Waals surface area contributed by atoms with Crippen molar-refractivity contribution in [1.29, 1.82) is 0 Å². The molecule has 10 aromatic carbocycles. The molecule has 0 saturated carbocycles. The van der Waals surface area contributed by atoms with E-state index in [1.165, 1.54) is 118 Å². The van der Waals surface area contributed by atoms with Crippen molar-refractivity contribution in [1.82, 2.24) is 4.40 Å². The highest BCUT2D eigenvalue weighted by atomic mass is 32.1. The summed E-state index contributed by atoms with van der Waals surface area (Å²) in [5, 5.41) is 10.6. The molecule has 0 spiro atoms. The highest BCUT2D eigenvalue weighted by Crippen LogP contribution is 2.52. The number of nitrogens with zero attached hydrogens (tertiary/aromatic N) is 2. The largest absolute Gasteiger partial charge is 0.310 e. The van der Waals surface area contributed by atoms with Gasteiger partial charge in [0.2, 0.25) is 0 Å². The van der Waals surface area contributed by atoms with Crippen molar-refractivity contribution in [2.75, 3.05) is 4.90 Å². The third-order valence-electron chi connectivity index (χ3n) is 16.1. The molecule has 368 valence electrons. The lowest BCUT2D eigenvalue weighted by molar-refractivity contribution is 0.589. The van der Waals surface area contributed by atoms with Gasteiger partial charge in [0.1, 0.15) is 9.66 Å². The minimum Gasteiger partial charge on any atom is -0.310 e. The predicted molar refractivity (Wildman–Crippen MR) is 331 cm³/mol. The second-order valence-corrected chi connectivity index (χ2v) is 25.0. The number of anilines is 3. The van der Waals surface area contributed by atoms with Gasteiger partial charge in [0.25, 0.3) is 0 Å². The second kappa shape index (κ2) is 17.8. The Morgan fingerprint density at radius 1 is 0.395 bits per heavy atom. The lowest BCUT2D eigenvalue weighted by Gasteiger charge is -2.27. The summed E-state index contributed by atoms with van der Waals surface area (Å²) in [5.41, 5.74) is 16.6. The van der Waals surface area contributed by atoms with Crippen LogP contribution in [0.15, 0.2) is 224 Å². The van der Waals surface area contributed by atoms with E-state index in [2.05, 4.69) is 275 Å². The molecule has 4 aromatic heterocycles. The standard InChI is InChI=1S/C72H58N2S2/c1-71(2,3)54-31-25-50(26-32-54)61(49-23-21-47(22-24-49)45-15-9-7-10-16-45)42-52-30-40-60-66-62-43-53-41-58(73(57-38-33-55(34-39-57)72(4,5)6)56-35-27-48(28-36-56)46-17-11-8-12-18-46)37-29-51(53)44-64(62)76-69(66)74-68(60)65(52)67-59-19-13-14-20-63(59)75-70(67)74/h7-41,43-44,61H,42H2,1-6H3. The first-order chi connectivity index (χ1) is 36.9. The van der Waals surface area contributed by atoms with Gasteiger partial charge < -0.3 is 4.90 Å². The van der Waals surface area contributed by atoms with Crippen LogP contribution in [-0.4, -0.2) is 4.40 Å². The summed E-state index contributed by atoms with van der Waals surface area (Å²) in [6.45, 7) is 13.8. The van der Waals surface area contributed by atoms with Crippen LogP contribution in [-0.2, 0) is 17.3 Å². The Bertz CT molecular complexity index is 4450. The maximum Gasteiger partial charge on any atom is 0.110 e. The summed E-state index contributed by atoms with van der Waals surface area (Å²) in [6, 6.07) is 84.4. The quantitative estimate of drug-likeness (QED) is 0.140. The maximum absolute atomic E-state index is 2.65. The lowest BCUT2D eigenvalue weighted by Crippen LogP contribution is -2.13. The zero-order valence-corrected chi connectivity index (χ0v) is 45.5. The fourth-order valence-corrected chi connectivity index (χ4v) is 14.5. The maximum atomic E-state index is 2.65. The number of thiophene rings is 2. The summed E-state index contributed by atoms with van der Waals surface area (Å²) in [5.74, 6) is 0.158. The Kier molecular flexibility index (Phi) is 10.9.